The van der Waals surface area contributed by atoms with Crippen LogP contribution in [0, 0.1) is 0 Å². The van der Waals surface area contributed by atoms with E-state index in [0.717, 1.165) is 6.61 Å². The molecule has 0 saturated carbocycles. The third-order valence-corrected chi connectivity index (χ3v) is 1.34. The van der Waals surface area contributed by atoms with Gasteiger partial charge in [-0.05, 0) is 0 Å². The Labute approximate surface area is 70.4 Å². The molecule has 1 aliphatic heterocycles. The SMILES string of the molecule is ClCC1CO1.OCC(O)CO. The summed E-state index contributed by atoms with van der Waals surface area (Å²) in [7, 11) is 0. The smallest absolute Gasteiger partial charge is 0.100 e. The van der Waals surface area contributed by atoms with Crippen LogP contribution in [0.3, 0.4) is 0 Å². The first kappa shape index (κ1) is 11.1. The molecule has 1 heterocycles. The van der Waals surface area contributed by atoms with Crippen LogP contribution >= 0.6 is 11.6 Å². The van der Waals surface area contributed by atoms with E-state index in [2.05, 4.69) is 0 Å². The van der Waals surface area contributed by atoms with Crippen LogP contribution in [-0.4, -0.2) is 53.2 Å². The molecule has 68 valence electrons. The highest BCUT2D eigenvalue weighted by Crippen LogP contribution is 2.08. The Morgan fingerprint density at radius 3 is 1.91 bits per heavy atom. The molecule has 0 aromatic carbocycles. The van der Waals surface area contributed by atoms with Gasteiger partial charge in [0.2, 0.25) is 0 Å². The number of hydrogen-bond acceptors (Lipinski definition) is 4. The van der Waals surface area contributed by atoms with Crippen molar-refractivity contribution in [3.8, 4) is 0 Å². The average molecular weight is 185 g/mol. The molecule has 1 unspecified atom stereocenters. The van der Waals surface area contributed by atoms with Gasteiger partial charge in [-0.1, -0.05) is 0 Å². The van der Waals surface area contributed by atoms with Crippen molar-refractivity contribution in [3.63, 3.8) is 0 Å². The van der Waals surface area contributed by atoms with Crippen molar-refractivity contribution in [2.75, 3.05) is 25.7 Å². The highest BCUT2D eigenvalue weighted by atomic mass is 35.5. The predicted molar refractivity (Wildman–Crippen MR) is 40.6 cm³/mol. The lowest BCUT2D eigenvalue weighted by Gasteiger charge is -1.96. The molecule has 1 rings (SSSR count). The number of ether oxygens (including phenoxy) is 1. The minimum absolute atomic E-state index is 0.365. The number of epoxide rings is 1. The molecule has 11 heavy (non-hydrogen) atoms. The lowest BCUT2D eigenvalue weighted by molar-refractivity contribution is 0.0450. The first-order valence-corrected chi connectivity index (χ1v) is 3.85. The molecule has 5 heteroatoms. The molecular weight excluding hydrogens is 172 g/mol. The van der Waals surface area contributed by atoms with Gasteiger partial charge in [0.15, 0.2) is 0 Å². The zero-order valence-electron chi connectivity index (χ0n) is 6.11. The maximum atomic E-state index is 8.17. The second-order valence-corrected chi connectivity index (χ2v) is 2.44. The van der Waals surface area contributed by atoms with Crippen LogP contribution in [0.2, 0.25) is 0 Å². The van der Waals surface area contributed by atoms with Gasteiger partial charge in [-0.15, -0.1) is 11.6 Å². The summed E-state index contributed by atoms with van der Waals surface area (Å²) in [5.74, 6) is 0.667. The lowest BCUT2D eigenvalue weighted by atomic mass is 10.4. The lowest BCUT2D eigenvalue weighted by Crippen LogP contribution is -2.15. The molecule has 0 aliphatic carbocycles. The van der Waals surface area contributed by atoms with E-state index in [0.29, 0.717) is 12.0 Å². The van der Waals surface area contributed by atoms with Gasteiger partial charge < -0.3 is 20.1 Å². The van der Waals surface area contributed by atoms with Crippen LogP contribution in [0.25, 0.3) is 0 Å². The van der Waals surface area contributed by atoms with Gasteiger partial charge in [-0.2, -0.15) is 0 Å². The Hall–Kier alpha value is 0.130. The molecule has 0 amide bonds. The zero-order valence-corrected chi connectivity index (χ0v) is 6.87. The van der Waals surface area contributed by atoms with Crippen molar-refractivity contribution in [3.05, 3.63) is 0 Å². The monoisotopic (exact) mass is 184 g/mol. The minimum Gasteiger partial charge on any atom is -0.394 e. The van der Waals surface area contributed by atoms with E-state index < -0.39 is 6.10 Å². The first-order chi connectivity index (χ1) is 5.24. The van der Waals surface area contributed by atoms with Crippen molar-refractivity contribution in [2.24, 2.45) is 0 Å². The van der Waals surface area contributed by atoms with Crippen LogP contribution in [0.1, 0.15) is 0 Å². The van der Waals surface area contributed by atoms with E-state index >= 15 is 0 Å². The normalized spacial score (nSPS) is 21.0. The van der Waals surface area contributed by atoms with Crippen molar-refractivity contribution < 1.29 is 20.1 Å². The summed E-state index contributed by atoms with van der Waals surface area (Å²) in [6.07, 6.45) is -0.554. The molecule has 0 aromatic rings. The summed E-state index contributed by atoms with van der Waals surface area (Å²) in [5.41, 5.74) is 0. The van der Waals surface area contributed by atoms with Gasteiger partial charge >= 0.3 is 0 Å². The van der Waals surface area contributed by atoms with E-state index in [1.165, 1.54) is 0 Å². The number of aliphatic hydroxyl groups is 3. The highest BCUT2D eigenvalue weighted by Gasteiger charge is 2.19. The molecular formula is C6H13ClO4. The highest BCUT2D eigenvalue weighted by molar-refractivity contribution is 6.18. The van der Waals surface area contributed by atoms with E-state index in [1.54, 1.807) is 0 Å². The van der Waals surface area contributed by atoms with Crippen molar-refractivity contribution >= 4 is 11.6 Å². The van der Waals surface area contributed by atoms with Gasteiger partial charge in [0.25, 0.3) is 0 Å². The third-order valence-electron chi connectivity index (χ3n) is 0.996. The van der Waals surface area contributed by atoms with Crippen LogP contribution in [0.15, 0.2) is 0 Å². The molecule has 4 nitrogen and oxygen atoms in total. The Kier molecular flexibility index (Phi) is 6.90. The Balaban J connectivity index is 0.000000183. The molecule has 0 bridgehead atoms. The first-order valence-electron chi connectivity index (χ1n) is 3.32. The van der Waals surface area contributed by atoms with E-state index in [1.807, 2.05) is 0 Å². The largest absolute Gasteiger partial charge is 0.394 e. The van der Waals surface area contributed by atoms with Gasteiger partial charge in [0.1, 0.15) is 6.10 Å². The van der Waals surface area contributed by atoms with Crippen LogP contribution < -0.4 is 0 Å². The van der Waals surface area contributed by atoms with Crippen LogP contribution in [0.4, 0.5) is 0 Å². The molecule has 1 atom stereocenters. The van der Waals surface area contributed by atoms with Crippen molar-refractivity contribution in [1.29, 1.82) is 0 Å². The number of rotatable bonds is 3. The Morgan fingerprint density at radius 2 is 1.91 bits per heavy atom. The quantitative estimate of drug-likeness (QED) is 0.387. The topological polar surface area (TPSA) is 73.2 Å². The maximum Gasteiger partial charge on any atom is 0.100 e. The number of hydrogen-bond donors (Lipinski definition) is 3. The van der Waals surface area contributed by atoms with Crippen molar-refractivity contribution in [2.45, 2.75) is 12.2 Å². The summed E-state index contributed by atoms with van der Waals surface area (Å²) >= 11 is 5.27. The molecule has 3 N–H and O–H groups in total. The van der Waals surface area contributed by atoms with Gasteiger partial charge in [0.05, 0.1) is 31.8 Å². The fraction of sp³-hybridized carbons (Fsp3) is 1.00. The van der Waals surface area contributed by atoms with E-state index in [9.17, 15) is 0 Å². The average Bonchev–Trinajstić information content (AvgIpc) is 2.86. The zero-order chi connectivity index (χ0) is 8.69. The molecule has 1 aliphatic rings. The number of halogens is 1. The second-order valence-electron chi connectivity index (χ2n) is 2.13. The Bertz CT molecular complexity index is 82.7. The van der Waals surface area contributed by atoms with Gasteiger partial charge in [-0.3, -0.25) is 0 Å². The molecule has 1 fully saturated rings. The number of alkyl halides is 1. The summed E-state index contributed by atoms with van der Waals surface area (Å²) in [5, 5.41) is 24.0. The van der Waals surface area contributed by atoms with E-state index in [4.69, 9.17) is 31.7 Å². The van der Waals surface area contributed by atoms with Crippen LogP contribution in [0.5, 0.6) is 0 Å². The molecule has 0 radical (unpaired) electrons. The number of aliphatic hydroxyl groups excluding tert-OH is 3. The van der Waals surface area contributed by atoms with Gasteiger partial charge in [-0.25, -0.2) is 0 Å². The fourth-order valence-corrected chi connectivity index (χ4v) is 0.393. The fourth-order valence-electron chi connectivity index (χ4n) is 0.215. The standard InChI is InChI=1S/C3H5ClO.C3H8O3/c4-1-3-2-5-3;4-1-3(6)2-5/h3H,1-2H2;3-6H,1-2H2. The minimum atomic E-state index is -0.954. The van der Waals surface area contributed by atoms with E-state index in [-0.39, 0.29) is 13.2 Å². The maximum absolute atomic E-state index is 8.17. The summed E-state index contributed by atoms with van der Waals surface area (Å²) in [6, 6.07) is 0. The summed E-state index contributed by atoms with van der Waals surface area (Å²) in [4.78, 5) is 0. The van der Waals surface area contributed by atoms with Crippen LogP contribution in [-0.2, 0) is 4.74 Å². The third kappa shape index (κ3) is 8.03. The molecule has 0 spiro atoms. The molecule has 0 aromatic heterocycles. The van der Waals surface area contributed by atoms with Gasteiger partial charge in [0, 0.05) is 0 Å². The van der Waals surface area contributed by atoms with Crippen molar-refractivity contribution in [1.82, 2.24) is 0 Å². The second kappa shape index (κ2) is 6.82. The predicted octanol–water partition coefficient (Wildman–Crippen LogP) is -1.04. The summed E-state index contributed by atoms with van der Waals surface area (Å²) in [6.45, 7) is 0.149. The Morgan fingerprint density at radius 1 is 1.45 bits per heavy atom. The summed E-state index contributed by atoms with van der Waals surface area (Å²) < 4.78 is 4.73. The molecule has 1 saturated heterocycles.